The van der Waals surface area contributed by atoms with Crippen LogP contribution in [-0.2, 0) is 23.1 Å². The summed E-state index contributed by atoms with van der Waals surface area (Å²) in [4.78, 5) is 0.299. The summed E-state index contributed by atoms with van der Waals surface area (Å²) in [5.74, 6) is 1.57. The van der Waals surface area contributed by atoms with Gasteiger partial charge in [-0.3, -0.25) is 0 Å². The Morgan fingerprint density at radius 3 is 2.20 bits per heavy atom. The van der Waals surface area contributed by atoms with E-state index < -0.39 is 10.0 Å². The molecule has 6 nitrogen and oxygen atoms in total. The Balaban J connectivity index is 1.57. The fraction of sp³-hybridized carbons (Fsp3) is 0.333. The average molecular weight is 362 g/mol. The number of nitrogens with zero attached hydrogens (tertiary/aromatic N) is 1. The third kappa shape index (κ3) is 4.12. The molecule has 0 bridgehead atoms. The van der Waals surface area contributed by atoms with Crippen molar-refractivity contribution in [2.75, 3.05) is 27.3 Å². The molecule has 1 aliphatic rings. The minimum absolute atomic E-state index is 0.299. The van der Waals surface area contributed by atoms with Crippen LogP contribution in [0.1, 0.15) is 11.1 Å². The van der Waals surface area contributed by atoms with Crippen LogP contribution in [0.15, 0.2) is 47.4 Å². The Hall–Kier alpha value is -2.09. The number of ether oxygens (including phenoxy) is 2. The Morgan fingerprint density at radius 1 is 0.920 bits per heavy atom. The summed E-state index contributed by atoms with van der Waals surface area (Å²) in [5.41, 5.74) is 2.13. The van der Waals surface area contributed by atoms with E-state index in [0.29, 0.717) is 31.2 Å². The van der Waals surface area contributed by atoms with Crippen LogP contribution in [0, 0.1) is 0 Å². The molecule has 0 unspecified atom stereocenters. The molecule has 0 saturated carbocycles. The van der Waals surface area contributed by atoms with E-state index in [0.717, 1.165) is 22.6 Å². The van der Waals surface area contributed by atoms with Crippen LogP contribution in [0.5, 0.6) is 11.5 Å². The van der Waals surface area contributed by atoms with Gasteiger partial charge in [-0.05, 0) is 35.4 Å². The zero-order valence-electron chi connectivity index (χ0n) is 14.4. The maximum Gasteiger partial charge on any atom is 0.242 e. The maximum absolute atomic E-state index is 12.0. The van der Waals surface area contributed by atoms with Gasteiger partial charge in [-0.2, -0.15) is 0 Å². The number of sulfonamides is 1. The lowest BCUT2D eigenvalue weighted by Crippen LogP contribution is -2.22. The van der Waals surface area contributed by atoms with E-state index in [9.17, 15) is 8.42 Å². The van der Waals surface area contributed by atoms with Crippen molar-refractivity contribution in [3.8, 4) is 11.5 Å². The molecule has 25 heavy (non-hydrogen) atoms. The van der Waals surface area contributed by atoms with Gasteiger partial charge >= 0.3 is 0 Å². The monoisotopic (exact) mass is 362 g/mol. The summed E-state index contributed by atoms with van der Waals surface area (Å²) < 4.78 is 36.4. The molecule has 2 aromatic carbocycles. The Morgan fingerprint density at radius 2 is 1.52 bits per heavy atom. The van der Waals surface area contributed by atoms with Crippen LogP contribution in [0.25, 0.3) is 0 Å². The molecule has 1 aliphatic heterocycles. The van der Waals surface area contributed by atoms with E-state index in [1.807, 2.05) is 30.3 Å². The molecule has 134 valence electrons. The van der Waals surface area contributed by atoms with Gasteiger partial charge in [0.15, 0.2) is 11.5 Å². The predicted octanol–water partition coefficient (Wildman–Crippen LogP) is 2.00. The van der Waals surface area contributed by atoms with E-state index in [1.54, 1.807) is 12.1 Å². The van der Waals surface area contributed by atoms with Gasteiger partial charge in [-0.15, -0.1) is 0 Å². The molecule has 0 saturated heterocycles. The van der Waals surface area contributed by atoms with Crippen molar-refractivity contribution in [3.63, 3.8) is 0 Å². The number of nitrogens with one attached hydrogen (secondary N) is 1. The molecular weight excluding hydrogens is 340 g/mol. The summed E-state index contributed by atoms with van der Waals surface area (Å²) in [6.07, 6.45) is 0. The van der Waals surface area contributed by atoms with E-state index in [1.165, 1.54) is 18.4 Å². The topological polar surface area (TPSA) is 67.9 Å². The molecule has 3 rings (SSSR count). The fourth-order valence-corrected chi connectivity index (χ4v) is 3.44. The maximum atomic E-state index is 12.0. The lowest BCUT2D eigenvalue weighted by atomic mass is 10.2. The minimum atomic E-state index is -3.38. The molecule has 0 fully saturated rings. The summed E-state index contributed by atoms with van der Waals surface area (Å²) in [7, 11) is -0.327. The zero-order valence-corrected chi connectivity index (χ0v) is 15.2. The zero-order chi connectivity index (χ0) is 17.9. The van der Waals surface area contributed by atoms with Gasteiger partial charge in [0.25, 0.3) is 0 Å². The molecule has 0 radical (unpaired) electrons. The van der Waals surface area contributed by atoms with E-state index >= 15 is 0 Å². The second kappa shape index (κ2) is 7.43. The molecule has 7 heteroatoms. The highest BCUT2D eigenvalue weighted by atomic mass is 32.2. The second-order valence-corrected chi connectivity index (χ2v) is 8.16. The third-order valence-corrected chi connectivity index (χ3v) is 5.80. The fourth-order valence-electron chi connectivity index (χ4n) is 2.54. The van der Waals surface area contributed by atoms with Crippen molar-refractivity contribution in [2.45, 2.75) is 18.0 Å². The van der Waals surface area contributed by atoms with Gasteiger partial charge in [0.05, 0.1) is 4.90 Å². The molecule has 0 aliphatic carbocycles. The third-order valence-electron chi connectivity index (χ3n) is 3.97. The quantitative estimate of drug-likeness (QED) is 0.851. The van der Waals surface area contributed by atoms with E-state index in [-0.39, 0.29) is 0 Å². The normalized spacial score (nSPS) is 13.9. The van der Waals surface area contributed by atoms with Gasteiger partial charge in [-0.1, -0.05) is 18.2 Å². The summed E-state index contributed by atoms with van der Waals surface area (Å²) in [5, 5.41) is 3.35. The van der Waals surface area contributed by atoms with Crippen molar-refractivity contribution in [1.82, 2.24) is 9.62 Å². The first-order valence-electron chi connectivity index (χ1n) is 8.07. The number of benzene rings is 2. The van der Waals surface area contributed by atoms with Gasteiger partial charge in [-0.25, -0.2) is 12.7 Å². The predicted molar refractivity (Wildman–Crippen MR) is 95.3 cm³/mol. The van der Waals surface area contributed by atoms with Crippen molar-refractivity contribution in [2.24, 2.45) is 0 Å². The molecule has 0 aromatic heterocycles. The molecule has 1 heterocycles. The highest BCUT2D eigenvalue weighted by Gasteiger charge is 2.16. The van der Waals surface area contributed by atoms with Gasteiger partial charge in [0.2, 0.25) is 10.0 Å². The van der Waals surface area contributed by atoms with Crippen LogP contribution in [0.4, 0.5) is 0 Å². The largest absolute Gasteiger partial charge is 0.486 e. The van der Waals surface area contributed by atoms with E-state index in [4.69, 9.17) is 9.47 Å². The minimum Gasteiger partial charge on any atom is -0.486 e. The first-order chi connectivity index (χ1) is 12.0. The number of fused-ring (bicyclic) bond motifs is 1. The Bertz CT molecular complexity index is 833. The first-order valence-corrected chi connectivity index (χ1v) is 9.51. The number of hydrogen-bond acceptors (Lipinski definition) is 5. The van der Waals surface area contributed by atoms with Crippen LogP contribution >= 0.6 is 0 Å². The van der Waals surface area contributed by atoms with Crippen molar-refractivity contribution < 1.29 is 17.9 Å². The highest BCUT2D eigenvalue weighted by molar-refractivity contribution is 7.89. The molecule has 0 atom stereocenters. The van der Waals surface area contributed by atoms with Crippen LogP contribution < -0.4 is 14.8 Å². The summed E-state index contributed by atoms with van der Waals surface area (Å²) in [6.45, 7) is 2.50. The Labute approximate surface area is 148 Å². The number of rotatable bonds is 6. The summed E-state index contributed by atoms with van der Waals surface area (Å²) >= 11 is 0. The van der Waals surface area contributed by atoms with Crippen molar-refractivity contribution in [3.05, 3.63) is 53.6 Å². The van der Waals surface area contributed by atoms with Crippen LogP contribution in [0.3, 0.4) is 0 Å². The molecule has 2 aromatic rings. The lowest BCUT2D eigenvalue weighted by Gasteiger charge is -2.19. The van der Waals surface area contributed by atoms with Crippen molar-refractivity contribution >= 4 is 10.0 Å². The summed E-state index contributed by atoms with van der Waals surface area (Å²) in [6, 6.07) is 12.8. The molecule has 1 N–H and O–H groups in total. The average Bonchev–Trinajstić information content (AvgIpc) is 2.62. The molecule has 0 spiro atoms. The standard InChI is InChI=1S/C18H22N2O4S/c1-20(2)25(21,22)16-6-3-14(4-7-16)12-19-13-15-5-8-17-18(11-15)24-10-9-23-17/h3-8,11,19H,9-10,12-13H2,1-2H3. The SMILES string of the molecule is CN(C)S(=O)(=O)c1ccc(CNCc2ccc3c(c2)OCCO3)cc1. The van der Waals surface area contributed by atoms with Crippen LogP contribution in [0.2, 0.25) is 0 Å². The van der Waals surface area contributed by atoms with Gasteiger partial charge in [0.1, 0.15) is 13.2 Å². The molecule has 0 amide bonds. The van der Waals surface area contributed by atoms with Crippen LogP contribution in [-0.4, -0.2) is 40.0 Å². The number of hydrogen-bond donors (Lipinski definition) is 1. The van der Waals surface area contributed by atoms with Gasteiger partial charge < -0.3 is 14.8 Å². The van der Waals surface area contributed by atoms with Gasteiger partial charge in [0, 0.05) is 27.2 Å². The first kappa shape index (κ1) is 17.7. The van der Waals surface area contributed by atoms with Crippen molar-refractivity contribution in [1.29, 1.82) is 0 Å². The lowest BCUT2D eigenvalue weighted by molar-refractivity contribution is 0.171. The Kier molecular flexibility index (Phi) is 5.27. The smallest absolute Gasteiger partial charge is 0.242 e. The van der Waals surface area contributed by atoms with E-state index in [2.05, 4.69) is 5.32 Å². The second-order valence-electron chi connectivity index (χ2n) is 6.01. The molecular formula is C18H22N2O4S. The highest BCUT2D eigenvalue weighted by Crippen LogP contribution is 2.30.